The van der Waals surface area contributed by atoms with Crippen molar-refractivity contribution >= 4 is 71.3 Å². The molecule has 268 valence electrons. The highest BCUT2D eigenvalue weighted by Crippen LogP contribution is 2.42. The molecule has 0 spiro atoms. The molecule has 4 heteroatoms. The van der Waals surface area contributed by atoms with Crippen LogP contribution in [-0.4, -0.2) is 4.98 Å². The molecule has 0 amide bonds. The summed E-state index contributed by atoms with van der Waals surface area (Å²) in [6, 6.07) is 73.4. The van der Waals surface area contributed by atoms with Crippen molar-refractivity contribution in [1.29, 1.82) is 0 Å². The van der Waals surface area contributed by atoms with E-state index in [1.165, 1.54) is 33.0 Å². The van der Waals surface area contributed by atoms with Crippen LogP contribution in [0.5, 0.6) is 0 Å². The van der Waals surface area contributed by atoms with Crippen molar-refractivity contribution in [3.8, 4) is 44.0 Å². The van der Waals surface area contributed by atoms with Crippen LogP contribution in [0, 0.1) is 0 Å². The maximum Gasteiger partial charge on any atom is 0.137 e. The summed E-state index contributed by atoms with van der Waals surface area (Å²) in [6.45, 7) is 0. The summed E-state index contributed by atoms with van der Waals surface area (Å²) in [4.78, 5) is 7.28. The largest absolute Gasteiger partial charge is 0.456 e. The lowest BCUT2D eigenvalue weighted by molar-refractivity contribution is 0.669. The molecule has 11 aromatic rings. The van der Waals surface area contributed by atoms with Gasteiger partial charge in [-0.25, -0.2) is 4.98 Å². The van der Waals surface area contributed by atoms with Crippen LogP contribution < -0.4 is 4.90 Å². The van der Waals surface area contributed by atoms with E-state index >= 15 is 0 Å². The fourth-order valence-corrected chi connectivity index (χ4v) is 9.22. The van der Waals surface area contributed by atoms with E-state index in [1.54, 1.807) is 11.3 Å². The summed E-state index contributed by atoms with van der Waals surface area (Å²) < 4.78 is 7.64. The summed E-state index contributed by atoms with van der Waals surface area (Å²) in [6.07, 6.45) is 0. The molecule has 0 aliphatic carbocycles. The van der Waals surface area contributed by atoms with Gasteiger partial charge < -0.3 is 9.32 Å². The van der Waals surface area contributed by atoms with E-state index in [0.29, 0.717) is 0 Å². The first-order chi connectivity index (χ1) is 28.2. The molecule has 0 bridgehead atoms. The van der Waals surface area contributed by atoms with E-state index < -0.39 is 0 Å². The monoisotopic (exact) mass is 746 g/mol. The maximum absolute atomic E-state index is 6.48. The molecule has 0 fully saturated rings. The summed E-state index contributed by atoms with van der Waals surface area (Å²) >= 11 is 1.72. The number of hydrogen-bond donors (Lipinski definition) is 0. The maximum atomic E-state index is 6.48. The molecule has 0 aliphatic heterocycles. The van der Waals surface area contributed by atoms with Gasteiger partial charge in [-0.15, -0.1) is 11.3 Å². The Morgan fingerprint density at radius 2 is 1.00 bits per heavy atom. The summed E-state index contributed by atoms with van der Waals surface area (Å²) in [7, 11) is 0. The van der Waals surface area contributed by atoms with Crippen LogP contribution in [0.2, 0.25) is 0 Å². The van der Waals surface area contributed by atoms with Crippen LogP contribution in [0.25, 0.3) is 86.9 Å². The molecule has 9 aromatic carbocycles. The van der Waals surface area contributed by atoms with Gasteiger partial charge in [0.05, 0.1) is 10.2 Å². The number of nitrogens with zero attached hydrogens (tertiary/aromatic N) is 2. The quantitative estimate of drug-likeness (QED) is 0.163. The molecular formula is C53H34N2OS. The lowest BCUT2D eigenvalue weighted by Gasteiger charge is -2.26. The second-order valence-electron chi connectivity index (χ2n) is 14.4. The predicted octanol–water partition coefficient (Wildman–Crippen LogP) is 15.5. The highest BCUT2D eigenvalue weighted by Gasteiger charge is 2.17. The highest BCUT2D eigenvalue weighted by atomic mass is 32.1. The third-order valence-electron chi connectivity index (χ3n) is 10.9. The van der Waals surface area contributed by atoms with Crippen molar-refractivity contribution < 1.29 is 4.42 Å². The van der Waals surface area contributed by atoms with Gasteiger partial charge in [-0.05, 0) is 117 Å². The van der Waals surface area contributed by atoms with Gasteiger partial charge in [-0.1, -0.05) is 133 Å². The van der Waals surface area contributed by atoms with Gasteiger partial charge >= 0.3 is 0 Å². The van der Waals surface area contributed by atoms with Gasteiger partial charge in [0.2, 0.25) is 0 Å². The fraction of sp³-hybridized carbons (Fsp3) is 0. The smallest absolute Gasteiger partial charge is 0.137 e. The van der Waals surface area contributed by atoms with E-state index in [0.717, 1.165) is 70.9 Å². The Balaban J connectivity index is 0.937. The molecule has 11 rings (SSSR count). The molecule has 0 saturated heterocycles. The second-order valence-corrected chi connectivity index (χ2v) is 15.4. The number of para-hydroxylation sites is 1. The minimum absolute atomic E-state index is 0.877. The molecule has 0 saturated carbocycles. The van der Waals surface area contributed by atoms with E-state index in [9.17, 15) is 0 Å². The number of hydrogen-bond acceptors (Lipinski definition) is 4. The molecular weight excluding hydrogens is 713 g/mol. The van der Waals surface area contributed by atoms with Gasteiger partial charge in [0.1, 0.15) is 16.2 Å². The van der Waals surface area contributed by atoms with E-state index in [1.807, 2.05) is 6.07 Å². The summed E-state index contributed by atoms with van der Waals surface area (Å²) in [5, 5.41) is 5.74. The molecule has 57 heavy (non-hydrogen) atoms. The lowest BCUT2D eigenvalue weighted by atomic mass is 9.93. The van der Waals surface area contributed by atoms with Crippen LogP contribution in [0.3, 0.4) is 0 Å². The number of rotatable bonds is 7. The van der Waals surface area contributed by atoms with Gasteiger partial charge in [-0.2, -0.15) is 0 Å². The molecule has 0 radical (unpaired) electrons. The molecule has 2 aromatic heterocycles. The fourth-order valence-electron chi connectivity index (χ4n) is 8.09. The zero-order valence-corrected chi connectivity index (χ0v) is 31.7. The highest BCUT2D eigenvalue weighted by molar-refractivity contribution is 7.22. The number of aromatic nitrogens is 1. The Bertz CT molecular complexity index is 3210. The standard InChI is InChI=1S/C53H34N2OS/c1-4-12-35(13-5-1)41-32-40-16-10-11-19-45(40)47(33-41)37-22-27-44(28-23-37)55(42-17-8-3-9-18-42)43-25-20-36(21-26-43)39-24-29-46-50(34-39)56-49-31-30-48-52(51(46)49)57-53(54-48)38-14-6-2-7-15-38/h1-34H. The van der Waals surface area contributed by atoms with Crippen molar-refractivity contribution in [3.63, 3.8) is 0 Å². The van der Waals surface area contributed by atoms with Crippen molar-refractivity contribution in [1.82, 2.24) is 4.98 Å². The average Bonchev–Trinajstić information content (AvgIpc) is 3.89. The minimum atomic E-state index is 0.877. The zero-order chi connectivity index (χ0) is 37.7. The van der Waals surface area contributed by atoms with Crippen molar-refractivity contribution in [3.05, 3.63) is 206 Å². The van der Waals surface area contributed by atoms with Gasteiger partial charge in [-0.3, -0.25) is 0 Å². The number of anilines is 3. The summed E-state index contributed by atoms with van der Waals surface area (Å²) in [5.74, 6) is 0. The number of furan rings is 1. The zero-order valence-electron chi connectivity index (χ0n) is 30.8. The lowest BCUT2D eigenvalue weighted by Crippen LogP contribution is -2.09. The van der Waals surface area contributed by atoms with Crippen LogP contribution in [0.1, 0.15) is 0 Å². The van der Waals surface area contributed by atoms with Crippen LogP contribution in [0.4, 0.5) is 17.1 Å². The van der Waals surface area contributed by atoms with Gasteiger partial charge in [0.25, 0.3) is 0 Å². The Kier molecular flexibility index (Phi) is 8.01. The van der Waals surface area contributed by atoms with Gasteiger partial charge in [0.15, 0.2) is 0 Å². The Labute approximate surface area is 334 Å². The number of fused-ring (bicyclic) bond motifs is 6. The third kappa shape index (κ3) is 5.95. The first kappa shape index (κ1) is 33.1. The average molecular weight is 747 g/mol. The normalized spacial score (nSPS) is 11.5. The Hall–Kier alpha value is -7.27. The Morgan fingerprint density at radius 3 is 1.74 bits per heavy atom. The number of benzene rings is 9. The van der Waals surface area contributed by atoms with Crippen molar-refractivity contribution in [2.75, 3.05) is 4.90 Å². The molecule has 0 atom stereocenters. The SMILES string of the molecule is c1ccc(-c2cc(-c3ccc(N(c4ccccc4)c4ccc(-c5ccc6c(c5)oc5ccc7nc(-c8ccccc8)sc7c56)cc4)cc3)c3ccccc3c2)cc1. The topological polar surface area (TPSA) is 29.3 Å². The first-order valence-electron chi connectivity index (χ1n) is 19.2. The van der Waals surface area contributed by atoms with Crippen LogP contribution >= 0.6 is 11.3 Å². The molecule has 2 heterocycles. The van der Waals surface area contributed by atoms with Crippen LogP contribution in [0.15, 0.2) is 211 Å². The van der Waals surface area contributed by atoms with Crippen molar-refractivity contribution in [2.45, 2.75) is 0 Å². The Morgan fingerprint density at radius 1 is 0.404 bits per heavy atom. The third-order valence-corrected chi connectivity index (χ3v) is 12.0. The molecule has 3 nitrogen and oxygen atoms in total. The second kappa shape index (κ2) is 13.8. The molecule has 0 unspecified atom stereocenters. The molecule has 0 N–H and O–H groups in total. The van der Waals surface area contributed by atoms with E-state index in [-0.39, 0.29) is 0 Å². The minimum Gasteiger partial charge on any atom is -0.456 e. The number of thiazole rings is 1. The van der Waals surface area contributed by atoms with Gasteiger partial charge in [0, 0.05) is 33.4 Å². The van der Waals surface area contributed by atoms with Crippen molar-refractivity contribution in [2.24, 2.45) is 0 Å². The van der Waals surface area contributed by atoms with E-state index in [4.69, 9.17) is 9.40 Å². The predicted molar refractivity (Wildman–Crippen MR) is 241 cm³/mol. The van der Waals surface area contributed by atoms with Crippen LogP contribution in [-0.2, 0) is 0 Å². The summed E-state index contributed by atoms with van der Waals surface area (Å²) in [5.41, 5.74) is 14.2. The van der Waals surface area contributed by atoms with E-state index in [2.05, 4.69) is 205 Å². The molecule has 0 aliphatic rings. The first-order valence-corrected chi connectivity index (χ1v) is 20.0.